The summed E-state index contributed by atoms with van der Waals surface area (Å²) in [4.78, 5) is 28.1. The van der Waals surface area contributed by atoms with E-state index in [4.69, 9.17) is 37.8 Å². The Bertz CT molecular complexity index is 1430. The van der Waals surface area contributed by atoms with Crippen molar-refractivity contribution in [3.8, 4) is 17.4 Å². The van der Waals surface area contributed by atoms with Crippen LogP contribution in [0.15, 0.2) is 48.5 Å². The molecule has 200 valence electrons. The van der Waals surface area contributed by atoms with E-state index in [1.54, 1.807) is 0 Å². The zero-order valence-electron chi connectivity index (χ0n) is 19.7. The highest BCUT2D eigenvalue weighted by molar-refractivity contribution is 6.32. The summed E-state index contributed by atoms with van der Waals surface area (Å²) < 4.78 is 54.2. The van der Waals surface area contributed by atoms with E-state index >= 15 is 0 Å². The summed E-state index contributed by atoms with van der Waals surface area (Å²) in [6.07, 6.45) is -5.14. The fourth-order valence-electron chi connectivity index (χ4n) is 4.07. The summed E-state index contributed by atoms with van der Waals surface area (Å²) in [6, 6.07) is 9.69. The molecule has 0 spiro atoms. The van der Waals surface area contributed by atoms with Crippen molar-refractivity contribution in [3.05, 3.63) is 75.4 Å². The molecule has 1 aliphatic rings. The van der Waals surface area contributed by atoms with Crippen LogP contribution in [0.1, 0.15) is 34.3 Å². The smallest absolute Gasteiger partial charge is 0.422 e. The van der Waals surface area contributed by atoms with Crippen molar-refractivity contribution in [1.82, 2.24) is 4.98 Å². The first kappa shape index (κ1) is 27.5. The number of alkyl halides is 3. The lowest BCUT2D eigenvalue weighted by molar-refractivity contribution is -0.274. The number of carbonyl (C=O) groups is 2. The zero-order chi connectivity index (χ0) is 28.0. The lowest BCUT2D eigenvalue weighted by Gasteiger charge is -2.38. The maximum Gasteiger partial charge on any atom is 0.422 e. The molecule has 8 nitrogen and oxygen atoms in total. The molecule has 0 saturated carbocycles. The molecule has 0 saturated heterocycles. The number of halogens is 5. The van der Waals surface area contributed by atoms with Crippen LogP contribution >= 0.6 is 23.2 Å². The van der Waals surface area contributed by atoms with Crippen molar-refractivity contribution in [2.24, 2.45) is 0 Å². The molecule has 2 heterocycles. The van der Waals surface area contributed by atoms with E-state index < -0.39 is 35.1 Å². The summed E-state index contributed by atoms with van der Waals surface area (Å²) >= 11 is 12.2. The first-order chi connectivity index (χ1) is 17.7. The van der Waals surface area contributed by atoms with Crippen LogP contribution in [-0.2, 0) is 10.4 Å². The van der Waals surface area contributed by atoms with Gasteiger partial charge in [-0.15, -0.1) is 0 Å². The van der Waals surface area contributed by atoms with Gasteiger partial charge in [0.1, 0.15) is 16.7 Å². The van der Waals surface area contributed by atoms with E-state index in [1.807, 2.05) is 0 Å². The van der Waals surface area contributed by atoms with Crippen LogP contribution < -0.4 is 14.4 Å². The van der Waals surface area contributed by atoms with Gasteiger partial charge in [-0.2, -0.15) is 13.2 Å². The molecule has 0 aliphatic carbocycles. The molecule has 1 aromatic heterocycles. The van der Waals surface area contributed by atoms with E-state index in [1.165, 1.54) is 50.4 Å². The van der Waals surface area contributed by atoms with Gasteiger partial charge in [0.05, 0.1) is 11.3 Å². The molecule has 0 radical (unpaired) electrons. The van der Waals surface area contributed by atoms with Crippen LogP contribution in [0.5, 0.6) is 17.4 Å². The molecule has 2 unspecified atom stereocenters. The third kappa shape index (κ3) is 4.84. The SMILES string of the molecule is CC(c1ccc(Oc2ccc(C(=O)O)c(Cl)n2)cc1Cl)C(O)(c1ccc2c(c1)N(C)C(=O)CO2)C(F)(F)F. The number of rotatable bonds is 6. The molecule has 2 atom stereocenters. The molecule has 1 amide bonds. The normalized spacial score (nSPS) is 15.8. The van der Waals surface area contributed by atoms with Crippen LogP contribution in [0.4, 0.5) is 18.9 Å². The fourth-order valence-corrected chi connectivity index (χ4v) is 4.63. The minimum absolute atomic E-state index is 0.0375. The number of anilines is 1. The molecule has 1 aliphatic heterocycles. The van der Waals surface area contributed by atoms with Gasteiger partial charge in [-0.25, -0.2) is 9.78 Å². The summed E-state index contributed by atoms with van der Waals surface area (Å²) in [5.41, 5.74) is -4.09. The molecule has 2 aromatic carbocycles. The van der Waals surface area contributed by atoms with Gasteiger partial charge in [0.2, 0.25) is 5.88 Å². The number of aromatic nitrogens is 1. The van der Waals surface area contributed by atoms with Crippen molar-refractivity contribution in [1.29, 1.82) is 0 Å². The van der Waals surface area contributed by atoms with Gasteiger partial charge in [0, 0.05) is 24.1 Å². The Hall–Kier alpha value is -3.54. The fraction of sp³-hybridized carbons (Fsp3) is 0.240. The average Bonchev–Trinajstić information content (AvgIpc) is 2.84. The van der Waals surface area contributed by atoms with Gasteiger partial charge in [0.25, 0.3) is 5.91 Å². The number of hydrogen-bond donors (Lipinski definition) is 2. The number of pyridine rings is 1. The lowest BCUT2D eigenvalue weighted by Crippen LogP contribution is -2.47. The predicted molar refractivity (Wildman–Crippen MR) is 131 cm³/mol. The van der Waals surface area contributed by atoms with Crippen molar-refractivity contribution in [3.63, 3.8) is 0 Å². The molecular weight excluding hydrogens is 552 g/mol. The Kier molecular flexibility index (Phi) is 7.21. The van der Waals surface area contributed by atoms with Crippen molar-refractivity contribution in [2.45, 2.75) is 24.6 Å². The van der Waals surface area contributed by atoms with Gasteiger partial charge in [-0.05, 0) is 41.5 Å². The molecule has 3 aromatic rings. The van der Waals surface area contributed by atoms with Crippen LogP contribution in [0.25, 0.3) is 0 Å². The Morgan fingerprint density at radius 3 is 2.47 bits per heavy atom. The number of carboxylic acid groups (broad SMARTS) is 1. The van der Waals surface area contributed by atoms with Gasteiger partial charge >= 0.3 is 12.1 Å². The number of aliphatic hydroxyl groups is 1. The second-order valence-electron chi connectivity index (χ2n) is 8.49. The number of carbonyl (C=O) groups excluding carboxylic acids is 1. The predicted octanol–water partition coefficient (Wildman–Crippen LogP) is 5.79. The summed E-state index contributed by atoms with van der Waals surface area (Å²) in [5.74, 6) is -3.12. The lowest BCUT2D eigenvalue weighted by atomic mass is 9.77. The number of aromatic carboxylic acids is 1. The highest BCUT2D eigenvalue weighted by Gasteiger charge is 2.59. The Morgan fingerprint density at radius 2 is 1.87 bits per heavy atom. The van der Waals surface area contributed by atoms with E-state index in [2.05, 4.69) is 4.98 Å². The first-order valence-corrected chi connectivity index (χ1v) is 11.7. The highest BCUT2D eigenvalue weighted by atomic mass is 35.5. The third-order valence-corrected chi connectivity index (χ3v) is 6.87. The zero-order valence-corrected chi connectivity index (χ0v) is 21.2. The third-order valence-electron chi connectivity index (χ3n) is 6.26. The molecule has 2 N–H and O–H groups in total. The van der Waals surface area contributed by atoms with Crippen molar-refractivity contribution in [2.75, 3.05) is 18.6 Å². The molecule has 0 bridgehead atoms. The topological polar surface area (TPSA) is 109 Å². The van der Waals surface area contributed by atoms with Gasteiger partial charge in [-0.1, -0.05) is 42.3 Å². The molecule has 4 rings (SSSR count). The molecule has 13 heteroatoms. The van der Waals surface area contributed by atoms with Crippen LogP contribution in [0, 0.1) is 0 Å². The van der Waals surface area contributed by atoms with Crippen LogP contribution in [-0.4, -0.2) is 46.9 Å². The second-order valence-corrected chi connectivity index (χ2v) is 9.25. The largest absolute Gasteiger partial charge is 0.482 e. The van der Waals surface area contributed by atoms with Gasteiger partial charge < -0.3 is 24.6 Å². The Labute approximate surface area is 224 Å². The number of fused-ring (bicyclic) bond motifs is 1. The second kappa shape index (κ2) is 9.97. The molecule has 0 fully saturated rings. The summed E-state index contributed by atoms with van der Waals surface area (Å²) in [5, 5.41) is 19.8. The highest BCUT2D eigenvalue weighted by Crippen LogP contribution is 2.51. The van der Waals surface area contributed by atoms with Gasteiger partial charge in [0.15, 0.2) is 12.2 Å². The number of benzene rings is 2. The minimum Gasteiger partial charge on any atom is -0.482 e. The number of nitrogens with zero attached hydrogens (tertiary/aromatic N) is 2. The van der Waals surface area contributed by atoms with E-state index in [0.717, 1.165) is 17.0 Å². The number of amides is 1. The summed E-state index contributed by atoms with van der Waals surface area (Å²) in [7, 11) is 1.40. The molecule has 38 heavy (non-hydrogen) atoms. The Morgan fingerprint density at radius 1 is 1.16 bits per heavy atom. The number of hydrogen-bond acceptors (Lipinski definition) is 6. The van der Waals surface area contributed by atoms with E-state index in [-0.39, 0.29) is 51.0 Å². The van der Waals surface area contributed by atoms with E-state index in [0.29, 0.717) is 0 Å². The van der Waals surface area contributed by atoms with E-state index in [9.17, 15) is 27.9 Å². The maximum atomic E-state index is 14.5. The quantitative estimate of drug-likeness (QED) is 0.361. The number of carboxylic acids is 1. The standard InChI is InChI=1S/C25H19Cl2F3N2O6/c1-12(15-5-4-14(10-17(15)26)38-20-8-6-16(23(34)35)22(27)31-20)24(36,25(28,29)30)13-3-7-19-18(9-13)32(2)21(33)11-37-19/h3-10,12,36H,11H2,1-2H3,(H,34,35). The van der Waals surface area contributed by atoms with Crippen molar-refractivity contribution >= 4 is 40.8 Å². The van der Waals surface area contributed by atoms with Gasteiger partial charge in [-0.3, -0.25) is 4.79 Å². The van der Waals surface area contributed by atoms with Crippen LogP contribution in [0.3, 0.4) is 0 Å². The van der Waals surface area contributed by atoms with Crippen molar-refractivity contribution < 1.29 is 42.4 Å². The maximum absolute atomic E-state index is 14.5. The van der Waals surface area contributed by atoms with Crippen LogP contribution in [0.2, 0.25) is 10.2 Å². The first-order valence-electron chi connectivity index (χ1n) is 10.9. The minimum atomic E-state index is -5.14. The monoisotopic (exact) mass is 570 g/mol. The number of likely N-dealkylation sites (N-methyl/N-ethyl adjacent to an activating group) is 1. The molecular formula is C25H19Cl2F3N2O6. The summed E-state index contributed by atoms with van der Waals surface area (Å²) in [6.45, 7) is 0.921. The number of ether oxygens (including phenoxy) is 2. The average molecular weight is 571 g/mol. The Balaban J connectivity index is 1.69.